The fourth-order valence-corrected chi connectivity index (χ4v) is 3.14. The smallest absolute Gasteiger partial charge is 0.0103 e. The van der Waals surface area contributed by atoms with E-state index in [-0.39, 0.29) is 0 Å². The maximum Gasteiger partial charge on any atom is 0.0103 e. The van der Waals surface area contributed by atoms with Crippen LogP contribution in [0, 0.1) is 16.7 Å². The molecule has 1 aliphatic rings. The Morgan fingerprint density at radius 3 is 1.83 bits per heavy atom. The van der Waals surface area contributed by atoms with Crippen molar-refractivity contribution in [3.8, 4) is 0 Å². The number of nitrogens with two attached hydrogens (primary N) is 1. The van der Waals surface area contributed by atoms with Gasteiger partial charge >= 0.3 is 0 Å². The largest absolute Gasteiger partial charge is 0.327 e. The van der Waals surface area contributed by atoms with E-state index in [2.05, 4.69) is 34.6 Å². The van der Waals surface area contributed by atoms with Crippen molar-refractivity contribution in [2.45, 2.75) is 53.5 Å². The molecule has 2 N–H and O–H groups in total. The van der Waals surface area contributed by atoms with Crippen LogP contribution >= 0.6 is 0 Å². The van der Waals surface area contributed by atoms with Gasteiger partial charge in [-0.15, -0.1) is 0 Å². The van der Waals surface area contributed by atoms with E-state index in [1.165, 1.54) is 12.8 Å². The molecule has 0 aromatic carbocycles. The Bertz CT molecular complexity index is 160. The zero-order chi connectivity index (χ0) is 9.57. The molecule has 1 fully saturated rings. The molecule has 0 aromatic heterocycles. The molecule has 1 unspecified atom stereocenters. The minimum Gasteiger partial charge on any atom is -0.327 e. The monoisotopic (exact) mass is 169 g/mol. The topological polar surface area (TPSA) is 26.0 Å². The van der Waals surface area contributed by atoms with Crippen LogP contribution in [0.4, 0.5) is 0 Å². The first-order valence-corrected chi connectivity index (χ1v) is 5.08. The number of rotatable bonds is 1. The van der Waals surface area contributed by atoms with Gasteiger partial charge in [0.05, 0.1) is 0 Å². The minimum atomic E-state index is 0.360. The lowest BCUT2D eigenvalue weighted by Gasteiger charge is -2.59. The zero-order valence-corrected chi connectivity index (χ0v) is 9.15. The van der Waals surface area contributed by atoms with E-state index in [0.717, 1.165) is 0 Å². The highest BCUT2D eigenvalue weighted by molar-refractivity contribution is 5.06. The lowest BCUT2D eigenvalue weighted by atomic mass is 9.48. The van der Waals surface area contributed by atoms with Gasteiger partial charge in [-0.05, 0) is 29.6 Å². The highest BCUT2D eigenvalue weighted by Crippen LogP contribution is 2.57. The maximum absolute atomic E-state index is 6.14. The molecule has 1 nitrogen and oxygen atoms in total. The van der Waals surface area contributed by atoms with E-state index in [0.29, 0.717) is 22.8 Å². The highest BCUT2D eigenvalue weighted by atomic mass is 14.8. The fraction of sp³-hybridized carbons (Fsp3) is 1.00. The van der Waals surface area contributed by atoms with Crippen molar-refractivity contribution in [2.75, 3.05) is 0 Å². The van der Waals surface area contributed by atoms with Gasteiger partial charge in [-0.2, -0.15) is 0 Å². The Balaban J connectivity index is 2.89. The summed E-state index contributed by atoms with van der Waals surface area (Å²) in [6, 6.07) is 0.428. The second kappa shape index (κ2) is 2.73. The molecule has 0 radical (unpaired) electrons. The third-order valence-electron chi connectivity index (χ3n) is 3.96. The third kappa shape index (κ3) is 1.10. The highest BCUT2D eigenvalue weighted by Gasteiger charge is 2.54. The molecule has 2 atom stereocenters. The maximum atomic E-state index is 6.14. The van der Waals surface area contributed by atoms with Crippen LogP contribution in [-0.2, 0) is 0 Å². The van der Waals surface area contributed by atoms with Gasteiger partial charge in [-0.1, -0.05) is 34.6 Å². The summed E-state index contributed by atoms with van der Waals surface area (Å²) in [5.74, 6) is 0.709. The van der Waals surface area contributed by atoms with Crippen LogP contribution in [0.25, 0.3) is 0 Å². The quantitative estimate of drug-likeness (QED) is 0.642. The molecule has 1 heteroatoms. The van der Waals surface area contributed by atoms with Gasteiger partial charge in [-0.25, -0.2) is 0 Å². The molecule has 0 aliphatic heterocycles. The van der Waals surface area contributed by atoms with Crippen LogP contribution < -0.4 is 5.73 Å². The first-order chi connectivity index (χ1) is 5.32. The Kier molecular flexibility index (Phi) is 2.28. The molecule has 12 heavy (non-hydrogen) atoms. The normalized spacial score (nSPS) is 36.8. The predicted octanol–water partition coefficient (Wildman–Crippen LogP) is 2.80. The Labute approximate surface area is 76.7 Å². The van der Waals surface area contributed by atoms with Gasteiger partial charge in [0, 0.05) is 6.04 Å². The standard InChI is InChI=1S/C11H23N/c1-8(2)11(10(3,4)5)7-6-9(11)12/h8-9H,6-7,12H2,1-5H3/t9-,11?/m1/s1. The van der Waals surface area contributed by atoms with Gasteiger partial charge < -0.3 is 5.73 Å². The van der Waals surface area contributed by atoms with Crippen molar-refractivity contribution >= 4 is 0 Å². The summed E-state index contributed by atoms with van der Waals surface area (Å²) >= 11 is 0. The lowest BCUT2D eigenvalue weighted by molar-refractivity contribution is -0.0705. The van der Waals surface area contributed by atoms with Crippen molar-refractivity contribution in [1.82, 2.24) is 0 Å². The van der Waals surface area contributed by atoms with Gasteiger partial charge in [0.1, 0.15) is 0 Å². The third-order valence-corrected chi connectivity index (χ3v) is 3.96. The summed E-state index contributed by atoms with van der Waals surface area (Å²) in [4.78, 5) is 0. The summed E-state index contributed by atoms with van der Waals surface area (Å²) in [6.45, 7) is 11.6. The van der Waals surface area contributed by atoms with Crippen LogP contribution in [0.5, 0.6) is 0 Å². The second-order valence-electron chi connectivity index (χ2n) is 5.59. The molecule has 0 aromatic rings. The predicted molar refractivity (Wildman–Crippen MR) is 53.9 cm³/mol. The van der Waals surface area contributed by atoms with Crippen molar-refractivity contribution in [2.24, 2.45) is 22.5 Å². The van der Waals surface area contributed by atoms with Crippen molar-refractivity contribution in [3.63, 3.8) is 0 Å². The molecule has 0 spiro atoms. The van der Waals surface area contributed by atoms with E-state index >= 15 is 0 Å². The van der Waals surface area contributed by atoms with Crippen LogP contribution in [0.15, 0.2) is 0 Å². The van der Waals surface area contributed by atoms with Crippen molar-refractivity contribution in [1.29, 1.82) is 0 Å². The Hall–Kier alpha value is -0.0400. The average molecular weight is 169 g/mol. The fourth-order valence-electron chi connectivity index (χ4n) is 3.14. The summed E-state index contributed by atoms with van der Waals surface area (Å²) in [5.41, 5.74) is 6.90. The van der Waals surface area contributed by atoms with E-state index in [9.17, 15) is 0 Å². The molecule has 0 saturated heterocycles. The molecule has 1 aliphatic carbocycles. The lowest BCUT2D eigenvalue weighted by Crippen LogP contribution is -2.60. The molecule has 0 bridgehead atoms. The van der Waals surface area contributed by atoms with Gasteiger partial charge in [0.25, 0.3) is 0 Å². The van der Waals surface area contributed by atoms with Crippen molar-refractivity contribution in [3.05, 3.63) is 0 Å². The molecule has 0 heterocycles. The summed E-state index contributed by atoms with van der Waals surface area (Å²) in [6.07, 6.45) is 2.53. The second-order valence-corrected chi connectivity index (χ2v) is 5.59. The van der Waals surface area contributed by atoms with Crippen LogP contribution in [-0.4, -0.2) is 6.04 Å². The van der Waals surface area contributed by atoms with Crippen LogP contribution in [0.1, 0.15) is 47.5 Å². The van der Waals surface area contributed by atoms with E-state index < -0.39 is 0 Å². The molecular weight excluding hydrogens is 146 g/mol. The Morgan fingerprint density at radius 2 is 1.83 bits per heavy atom. The summed E-state index contributed by atoms with van der Waals surface area (Å²) < 4.78 is 0. The zero-order valence-electron chi connectivity index (χ0n) is 9.15. The Morgan fingerprint density at radius 1 is 1.33 bits per heavy atom. The first kappa shape index (κ1) is 10.0. The number of hydrogen-bond donors (Lipinski definition) is 1. The van der Waals surface area contributed by atoms with E-state index in [4.69, 9.17) is 5.73 Å². The van der Waals surface area contributed by atoms with Gasteiger partial charge in [-0.3, -0.25) is 0 Å². The molecule has 1 saturated carbocycles. The minimum absolute atomic E-state index is 0.360. The van der Waals surface area contributed by atoms with E-state index in [1.54, 1.807) is 0 Å². The average Bonchev–Trinajstić information content (AvgIpc) is 1.80. The van der Waals surface area contributed by atoms with E-state index in [1.807, 2.05) is 0 Å². The molecule has 1 rings (SSSR count). The molecular formula is C11H23N. The summed E-state index contributed by atoms with van der Waals surface area (Å²) in [7, 11) is 0. The molecule has 72 valence electrons. The van der Waals surface area contributed by atoms with Crippen LogP contribution in [0.2, 0.25) is 0 Å². The number of hydrogen-bond acceptors (Lipinski definition) is 1. The van der Waals surface area contributed by atoms with Crippen LogP contribution in [0.3, 0.4) is 0 Å². The molecule has 0 amide bonds. The first-order valence-electron chi connectivity index (χ1n) is 5.08. The van der Waals surface area contributed by atoms with Gasteiger partial charge in [0.15, 0.2) is 0 Å². The van der Waals surface area contributed by atoms with Crippen molar-refractivity contribution < 1.29 is 0 Å². The summed E-state index contributed by atoms with van der Waals surface area (Å²) in [5, 5.41) is 0. The van der Waals surface area contributed by atoms with Gasteiger partial charge in [0.2, 0.25) is 0 Å². The SMILES string of the molecule is CC(C)C1(C(C)(C)C)CC[C@H]1N.